The third-order valence-corrected chi connectivity index (χ3v) is 9.18. The van der Waals surface area contributed by atoms with Crippen molar-refractivity contribution in [2.45, 2.75) is 63.5 Å². The van der Waals surface area contributed by atoms with Crippen LogP contribution in [0.2, 0.25) is 5.02 Å². The second-order valence-corrected chi connectivity index (χ2v) is 12.6. The van der Waals surface area contributed by atoms with E-state index in [2.05, 4.69) is 96.7 Å². The number of nitrogen functional groups attached to an aromatic ring is 2. The quantitative estimate of drug-likeness (QED) is 0.184. The predicted octanol–water partition coefficient (Wildman–Crippen LogP) is 6.01. The Labute approximate surface area is 271 Å². The zero-order valence-corrected chi connectivity index (χ0v) is 27.4. The highest BCUT2D eigenvalue weighted by atomic mass is 35.5. The van der Waals surface area contributed by atoms with Gasteiger partial charge in [0.15, 0.2) is 0 Å². The lowest BCUT2D eigenvalue weighted by Crippen LogP contribution is -2.44. The van der Waals surface area contributed by atoms with Gasteiger partial charge in [-0.25, -0.2) is 0 Å². The number of hydrogen-bond acceptors (Lipinski definition) is 10. The first-order valence-electron chi connectivity index (χ1n) is 15.7. The summed E-state index contributed by atoms with van der Waals surface area (Å²) in [5.74, 6) is 3.94. The number of hydrogen-bond donors (Lipinski definition) is 4. The summed E-state index contributed by atoms with van der Waals surface area (Å²) in [6.45, 7) is 6.63. The van der Waals surface area contributed by atoms with Crippen molar-refractivity contribution < 1.29 is 0 Å². The van der Waals surface area contributed by atoms with Crippen molar-refractivity contribution in [3.63, 3.8) is 0 Å². The van der Waals surface area contributed by atoms with Gasteiger partial charge in [-0.05, 0) is 55.4 Å². The molecule has 2 aliphatic heterocycles. The van der Waals surface area contributed by atoms with E-state index in [1.54, 1.807) is 0 Å². The molecule has 0 amide bonds. The Morgan fingerprint density at radius 1 is 0.778 bits per heavy atom. The van der Waals surface area contributed by atoms with Crippen molar-refractivity contribution in [1.29, 1.82) is 0 Å². The molecule has 2 saturated heterocycles. The summed E-state index contributed by atoms with van der Waals surface area (Å²) in [6, 6.07) is 23.5. The third-order valence-electron chi connectivity index (χ3n) is 8.93. The minimum atomic E-state index is 0.0390. The molecule has 6 N–H and O–H groups in total. The molecule has 2 unspecified atom stereocenters. The second kappa shape index (κ2) is 14.2. The molecule has 10 nitrogen and oxygen atoms in total. The number of halogens is 1. The van der Waals surface area contributed by atoms with E-state index in [1.807, 2.05) is 38.4 Å². The summed E-state index contributed by atoms with van der Waals surface area (Å²) in [7, 11) is 3.68. The SMILES string of the molecule is CNc1cc(N2CCCC2C(C)(C)c2ccccc2)nc(N)n1.CNc1cc(N2CCCC2Cc2ccc(Cl)cc2)nc(N)n1. The Balaban J connectivity index is 0.000000178. The van der Waals surface area contributed by atoms with Crippen molar-refractivity contribution in [1.82, 2.24) is 19.9 Å². The van der Waals surface area contributed by atoms with Gasteiger partial charge in [0.1, 0.15) is 23.3 Å². The minimum Gasteiger partial charge on any atom is -0.373 e. The van der Waals surface area contributed by atoms with E-state index < -0.39 is 0 Å². The normalized spacial score (nSPS) is 18.0. The Bertz CT molecular complexity index is 1550. The van der Waals surface area contributed by atoms with E-state index in [9.17, 15) is 0 Å². The molecule has 2 aliphatic rings. The van der Waals surface area contributed by atoms with Crippen LogP contribution < -0.4 is 31.9 Å². The summed E-state index contributed by atoms with van der Waals surface area (Å²) < 4.78 is 0. The Morgan fingerprint density at radius 2 is 1.33 bits per heavy atom. The van der Waals surface area contributed by atoms with Gasteiger partial charge in [0.25, 0.3) is 0 Å². The molecular weight excluding hydrogens is 584 g/mol. The Kier molecular flexibility index (Phi) is 10.1. The lowest BCUT2D eigenvalue weighted by molar-refractivity contribution is 0.407. The van der Waals surface area contributed by atoms with Crippen LogP contribution in [-0.4, -0.2) is 59.2 Å². The van der Waals surface area contributed by atoms with Crippen LogP contribution in [-0.2, 0) is 11.8 Å². The molecule has 45 heavy (non-hydrogen) atoms. The number of nitrogens with two attached hydrogens (primary N) is 2. The summed E-state index contributed by atoms with van der Waals surface area (Å²) >= 11 is 5.96. The van der Waals surface area contributed by atoms with Gasteiger partial charge in [0.05, 0.1) is 0 Å². The van der Waals surface area contributed by atoms with Crippen LogP contribution in [0, 0.1) is 0 Å². The molecule has 6 rings (SSSR count). The lowest BCUT2D eigenvalue weighted by Gasteiger charge is -2.39. The third kappa shape index (κ3) is 7.68. The van der Waals surface area contributed by atoms with E-state index in [1.165, 1.54) is 17.5 Å². The Morgan fingerprint density at radius 3 is 1.93 bits per heavy atom. The molecule has 0 radical (unpaired) electrons. The molecule has 2 fully saturated rings. The summed E-state index contributed by atoms with van der Waals surface area (Å²) in [5.41, 5.74) is 14.4. The number of nitrogens with one attached hydrogen (secondary N) is 2. The smallest absolute Gasteiger partial charge is 0.223 e. The van der Waals surface area contributed by atoms with Crippen LogP contribution in [0.4, 0.5) is 35.2 Å². The van der Waals surface area contributed by atoms with Crippen LogP contribution >= 0.6 is 11.6 Å². The molecule has 4 heterocycles. The highest BCUT2D eigenvalue weighted by molar-refractivity contribution is 6.30. The van der Waals surface area contributed by atoms with E-state index in [-0.39, 0.29) is 5.41 Å². The number of anilines is 6. The highest BCUT2D eigenvalue weighted by Crippen LogP contribution is 2.38. The van der Waals surface area contributed by atoms with E-state index in [4.69, 9.17) is 23.1 Å². The molecule has 0 saturated carbocycles. The Hall–Kier alpha value is -4.31. The molecule has 2 aromatic heterocycles. The number of rotatable bonds is 8. The van der Waals surface area contributed by atoms with Crippen LogP contribution in [0.15, 0.2) is 66.7 Å². The van der Waals surface area contributed by atoms with Gasteiger partial charge < -0.3 is 31.9 Å². The van der Waals surface area contributed by atoms with Gasteiger partial charge in [-0.2, -0.15) is 19.9 Å². The van der Waals surface area contributed by atoms with Gasteiger partial charge in [0.2, 0.25) is 11.9 Å². The summed E-state index contributed by atoms with van der Waals surface area (Å²) in [6.07, 6.45) is 5.62. The maximum atomic E-state index is 5.96. The molecule has 4 aromatic rings. The molecule has 2 atom stereocenters. The first kappa shape index (κ1) is 32.1. The molecule has 0 aliphatic carbocycles. The van der Waals surface area contributed by atoms with E-state index in [0.717, 1.165) is 67.1 Å². The summed E-state index contributed by atoms with van der Waals surface area (Å²) in [4.78, 5) is 21.9. The van der Waals surface area contributed by atoms with Gasteiger partial charge in [-0.15, -0.1) is 0 Å². The van der Waals surface area contributed by atoms with Gasteiger partial charge in [-0.1, -0.05) is 67.9 Å². The monoisotopic (exact) mass is 628 g/mol. The standard InChI is InChI=1S/C18H25N5.C16H20ClN5/c1-18(2,13-8-5-4-6-9-13)14-10-7-11-23(14)16-12-15(20-3)21-17(19)22-16;1-19-14-10-15(21-16(18)20-14)22-8-2-3-13(22)9-11-4-6-12(17)7-5-11/h4-6,8-9,12,14H,7,10-11H2,1-3H3,(H3,19,20,21,22);4-7,10,13H,2-3,8-9H2,1H3,(H3,18,19,20,21). The van der Waals surface area contributed by atoms with Crippen molar-refractivity contribution in [2.24, 2.45) is 0 Å². The van der Waals surface area contributed by atoms with E-state index >= 15 is 0 Å². The highest BCUT2D eigenvalue weighted by Gasteiger charge is 2.39. The van der Waals surface area contributed by atoms with E-state index in [0.29, 0.717) is 24.0 Å². The largest absolute Gasteiger partial charge is 0.373 e. The molecular formula is C34H45ClN10. The zero-order valence-electron chi connectivity index (χ0n) is 26.7. The maximum Gasteiger partial charge on any atom is 0.223 e. The zero-order chi connectivity index (χ0) is 32.0. The van der Waals surface area contributed by atoms with Crippen molar-refractivity contribution in [3.8, 4) is 0 Å². The van der Waals surface area contributed by atoms with Gasteiger partial charge in [-0.3, -0.25) is 0 Å². The average Bonchev–Trinajstić information content (AvgIpc) is 3.73. The van der Waals surface area contributed by atoms with Crippen molar-refractivity contribution >= 4 is 46.8 Å². The first-order chi connectivity index (χ1) is 21.7. The topological polar surface area (TPSA) is 134 Å². The number of nitrogens with zero attached hydrogens (tertiary/aromatic N) is 6. The molecule has 0 bridgehead atoms. The molecule has 238 valence electrons. The first-order valence-corrected chi connectivity index (χ1v) is 16.0. The fourth-order valence-corrected chi connectivity index (χ4v) is 6.68. The second-order valence-electron chi connectivity index (χ2n) is 12.2. The summed E-state index contributed by atoms with van der Waals surface area (Å²) in [5, 5.41) is 6.86. The van der Waals surface area contributed by atoms with Crippen LogP contribution in [0.3, 0.4) is 0 Å². The lowest BCUT2D eigenvalue weighted by atomic mass is 9.76. The van der Waals surface area contributed by atoms with Gasteiger partial charge >= 0.3 is 0 Å². The molecule has 0 spiro atoms. The fraction of sp³-hybridized carbons (Fsp3) is 0.412. The van der Waals surface area contributed by atoms with Gasteiger partial charge in [0, 0.05) is 61.8 Å². The predicted molar refractivity (Wildman–Crippen MR) is 187 cm³/mol. The molecule has 11 heteroatoms. The minimum absolute atomic E-state index is 0.0390. The fourth-order valence-electron chi connectivity index (χ4n) is 6.55. The van der Waals surface area contributed by atoms with Crippen molar-refractivity contribution in [3.05, 3.63) is 82.9 Å². The van der Waals surface area contributed by atoms with Crippen LogP contribution in [0.25, 0.3) is 0 Å². The van der Waals surface area contributed by atoms with Crippen LogP contribution in [0.5, 0.6) is 0 Å². The average molecular weight is 629 g/mol. The van der Waals surface area contributed by atoms with Crippen LogP contribution in [0.1, 0.15) is 50.7 Å². The van der Waals surface area contributed by atoms with Crippen molar-refractivity contribution in [2.75, 3.05) is 59.1 Å². The number of benzene rings is 2. The number of aromatic nitrogens is 4. The molecule has 2 aromatic carbocycles. The maximum absolute atomic E-state index is 5.96.